The molecule has 31 heavy (non-hydrogen) atoms. The Hall–Kier alpha value is -3.29. The lowest BCUT2D eigenvalue weighted by molar-refractivity contribution is 0.0534. The average molecular weight is 425 g/mol. The van der Waals surface area contributed by atoms with Crippen LogP contribution >= 0.6 is 0 Å². The van der Waals surface area contributed by atoms with Crippen LogP contribution in [0.2, 0.25) is 0 Å². The second kappa shape index (κ2) is 7.76. The molecular formula is C23H25F2N5O. The summed E-state index contributed by atoms with van der Waals surface area (Å²) >= 11 is 0. The van der Waals surface area contributed by atoms with E-state index in [1.807, 2.05) is 26.0 Å². The van der Waals surface area contributed by atoms with Gasteiger partial charge in [-0.2, -0.15) is 0 Å². The molecule has 162 valence electrons. The molecule has 1 fully saturated rings. The van der Waals surface area contributed by atoms with E-state index in [1.165, 1.54) is 13.0 Å². The van der Waals surface area contributed by atoms with Crippen molar-refractivity contribution in [3.8, 4) is 11.1 Å². The molecule has 2 amide bonds. The van der Waals surface area contributed by atoms with Crippen molar-refractivity contribution in [1.29, 1.82) is 0 Å². The number of aromatic nitrogens is 2. The zero-order valence-corrected chi connectivity index (χ0v) is 17.9. The van der Waals surface area contributed by atoms with Gasteiger partial charge in [-0.1, -0.05) is 0 Å². The van der Waals surface area contributed by atoms with E-state index in [1.54, 1.807) is 19.3 Å². The molecule has 2 aromatic heterocycles. The lowest BCUT2D eigenvalue weighted by Crippen LogP contribution is -2.52. The van der Waals surface area contributed by atoms with Gasteiger partial charge < -0.3 is 16.0 Å². The van der Waals surface area contributed by atoms with Gasteiger partial charge in [-0.25, -0.2) is 18.6 Å². The lowest BCUT2D eigenvalue weighted by atomic mass is 9.79. The molecule has 0 unspecified atom stereocenters. The molecular weight excluding hydrogens is 400 g/mol. The number of nitrogens with one attached hydrogen (secondary N) is 3. The number of aryl methyl sites for hydroxylation is 2. The van der Waals surface area contributed by atoms with Gasteiger partial charge >= 0.3 is 6.03 Å². The summed E-state index contributed by atoms with van der Waals surface area (Å²) in [6.45, 7) is 5.20. The standard InChI is InChI=1S/C23H25F2N5O/c1-12-5-18(24)20(30-22(31)29-15-9-23(3,25)10-15)7-16(12)17-6-14-11-27-21(26-4)8-19(14)28-13(17)2/h5-8,11,15H,9-10H2,1-4H3,(H,26,27)(H2,29,30,31)/t15-,23+. The Morgan fingerprint density at radius 1 is 1.16 bits per heavy atom. The molecule has 1 saturated carbocycles. The van der Waals surface area contributed by atoms with Crippen molar-refractivity contribution >= 4 is 28.4 Å². The van der Waals surface area contributed by atoms with Gasteiger partial charge in [0.1, 0.15) is 17.3 Å². The number of benzene rings is 1. The first-order valence-electron chi connectivity index (χ1n) is 10.2. The van der Waals surface area contributed by atoms with Crippen LogP contribution in [0.25, 0.3) is 22.0 Å². The number of halogens is 2. The summed E-state index contributed by atoms with van der Waals surface area (Å²) in [5.74, 6) is 0.189. The molecule has 0 spiro atoms. The van der Waals surface area contributed by atoms with Gasteiger partial charge in [-0.3, -0.25) is 4.98 Å². The highest BCUT2D eigenvalue weighted by Gasteiger charge is 2.41. The van der Waals surface area contributed by atoms with E-state index in [-0.39, 0.29) is 24.6 Å². The Morgan fingerprint density at radius 2 is 1.90 bits per heavy atom. The number of fused-ring (bicyclic) bond motifs is 1. The normalized spacial score (nSPS) is 20.3. The Kier molecular flexibility index (Phi) is 5.24. The van der Waals surface area contributed by atoms with E-state index < -0.39 is 17.5 Å². The maximum absolute atomic E-state index is 14.6. The summed E-state index contributed by atoms with van der Waals surface area (Å²) in [6, 6.07) is 6.03. The van der Waals surface area contributed by atoms with Crippen LogP contribution < -0.4 is 16.0 Å². The molecule has 0 atom stereocenters. The summed E-state index contributed by atoms with van der Waals surface area (Å²) in [6.07, 6.45) is 2.25. The Balaban J connectivity index is 1.63. The topological polar surface area (TPSA) is 78.9 Å². The minimum Gasteiger partial charge on any atom is -0.373 e. The third-order valence-corrected chi connectivity index (χ3v) is 5.68. The quantitative estimate of drug-likeness (QED) is 0.543. The number of hydrogen-bond donors (Lipinski definition) is 3. The molecule has 2 heterocycles. The molecule has 0 radical (unpaired) electrons. The summed E-state index contributed by atoms with van der Waals surface area (Å²) < 4.78 is 28.2. The maximum atomic E-state index is 14.6. The van der Waals surface area contributed by atoms with Crippen LogP contribution in [-0.4, -0.2) is 34.8 Å². The molecule has 1 aliphatic carbocycles. The molecule has 1 aliphatic rings. The van der Waals surface area contributed by atoms with Gasteiger partial charge in [0.05, 0.1) is 11.2 Å². The van der Waals surface area contributed by atoms with Crippen LogP contribution in [0.4, 0.5) is 25.1 Å². The molecule has 0 bridgehead atoms. The van der Waals surface area contributed by atoms with Crippen LogP contribution in [0.3, 0.4) is 0 Å². The largest absolute Gasteiger partial charge is 0.373 e. The lowest BCUT2D eigenvalue weighted by Gasteiger charge is -2.38. The molecule has 4 rings (SSSR count). The number of anilines is 2. The molecule has 3 aromatic rings. The average Bonchev–Trinajstić information content (AvgIpc) is 2.68. The number of rotatable bonds is 4. The Labute approximate surface area is 179 Å². The zero-order valence-electron chi connectivity index (χ0n) is 17.9. The molecule has 0 saturated heterocycles. The number of carbonyl (C=O) groups excluding carboxylic acids is 1. The highest BCUT2D eigenvalue weighted by Crippen LogP contribution is 2.36. The second-order valence-corrected chi connectivity index (χ2v) is 8.40. The number of carbonyl (C=O) groups is 1. The van der Waals surface area contributed by atoms with Crippen molar-refractivity contribution in [2.24, 2.45) is 0 Å². The van der Waals surface area contributed by atoms with Crippen LogP contribution in [0, 0.1) is 19.7 Å². The van der Waals surface area contributed by atoms with Crippen molar-refractivity contribution in [2.75, 3.05) is 17.7 Å². The number of alkyl halides is 1. The minimum atomic E-state index is -1.25. The highest BCUT2D eigenvalue weighted by atomic mass is 19.1. The fraction of sp³-hybridized carbons (Fsp3) is 0.348. The van der Waals surface area contributed by atoms with Crippen LogP contribution in [0.5, 0.6) is 0 Å². The predicted molar refractivity (Wildman–Crippen MR) is 119 cm³/mol. The molecule has 3 N–H and O–H groups in total. The van der Waals surface area contributed by atoms with Gasteiger partial charge in [0, 0.05) is 54.8 Å². The highest BCUT2D eigenvalue weighted by molar-refractivity contribution is 5.92. The van der Waals surface area contributed by atoms with E-state index >= 15 is 0 Å². The van der Waals surface area contributed by atoms with E-state index in [0.29, 0.717) is 0 Å². The van der Waals surface area contributed by atoms with Gasteiger partial charge in [-0.05, 0) is 50.1 Å². The Bertz CT molecular complexity index is 1170. The van der Waals surface area contributed by atoms with Crippen molar-refractivity contribution in [3.63, 3.8) is 0 Å². The fourth-order valence-electron chi connectivity index (χ4n) is 4.05. The van der Waals surface area contributed by atoms with Crippen molar-refractivity contribution in [2.45, 2.75) is 45.3 Å². The van der Waals surface area contributed by atoms with Crippen molar-refractivity contribution in [1.82, 2.24) is 15.3 Å². The van der Waals surface area contributed by atoms with Crippen LogP contribution in [0.15, 0.2) is 30.5 Å². The van der Waals surface area contributed by atoms with Crippen LogP contribution in [0.1, 0.15) is 31.0 Å². The van der Waals surface area contributed by atoms with Crippen molar-refractivity contribution in [3.05, 3.63) is 47.5 Å². The van der Waals surface area contributed by atoms with Gasteiger partial charge in [0.15, 0.2) is 0 Å². The van der Waals surface area contributed by atoms with Gasteiger partial charge in [-0.15, -0.1) is 0 Å². The van der Waals surface area contributed by atoms with E-state index in [9.17, 15) is 13.6 Å². The minimum absolute atomic E-state index is 0.0589. The number of nitrogens with zero attached hydrogens (tertiary/aromatic N) is 2. The smallest absolute Gasteiger partial charge is 0.319 e. The maximum Gasteiger partial charge on any atom is 0.319 e. The summed E-state index contributed by atoms with van der Waals surface area (Å²) in [5.41, 5.74) is 2.72. The zero-order chi connectivity index (χ0) is 22.3. The van der Waals surface area contributed by atoms with Crippen LogP contribution in [-0.2, 0) is 0 Å². The summed E-state index contributed by atoms with van der Waals surface area (Å²) in [7, 11) is 1.79. The van der Waals surface area contributed by atoms with E-state index in [4.69, 9.17) is 0 Å². The second-order valence-electron chi connectivity index (χ2n) is 8.40. The third kappa shape index (κ3) is 4.28. The summed E-state index contributed by atoms with van der Waals surface area (Å²) in [4.78, 5) is 21.3. The SMILES string of the molecule is CNc1cc2nc(C)c(-c3cc(NC(=O)N[C@H]4C[C@@](C)(F)C4)c(F)cc3C)cc2cn1. The van der Waals surface area contributed by atoms with E-state index in [2.05, 4.69) is 25.9 Å². The molecule has 8 heteroatoms. The first-order chi connectivity index (χ1) is 14.6. The monoisotopic (exact) mass is 425 g/mol. The number of hydrogen-bond acceptors (Lipinski definition) is 4. The van der Waals surface area contributed by atoms with Gasteiger partial charge in [0.25, 0.3) is 0 Å². The number of pyridine rings is 2. The fourth-order valence-corrected chi connectivity index (χ4v) is 4.05. The first-order valence-corrected chi connectivity index (χ1v) is 10.2. The predicted octanol–water partition coefficient (Wildman–Crippen LogP) is 5.11. The molecule has 0 aliphatic heterocycles. The number of amides is 2. The number of urea groups is 1. The first kappa shape index (κ1) is 21.0. The Morgan fingerprint density at radius 3 is 2.58 bits per heavy atom. The van der Waals surface area contributed by atoms with Gasteiger partial charge in [0.2, 0.25) is 0 Å². The third-order valence-electron chi connectivity index (χ3n) is 5.68. The summed E-state index contributed by atoms with van der Waals surface area (Å²) in [5, 5.41) is 9.09. The molecule has 1 aromatic carbocycles. The van der Waals surface area contributed by atoms with E-state index in [0.717, 1.165) is 39.1 Å². The molecule has 6 nitrogen and oxygen atoms in total. The van der Waals surface area contributed by atoms with Crippen molar-refractivity contribution < 1.29 is 13.6 Å².